The lowest BCUT2D eigenvalue weighted by Gasteiger charge is -2.39. The van der Waals surface area contributed by atoms with E-state index in [9.17, 15) is 20.4 Å². The minimum Gasteiger partial charge on any atom is -0.487 e. The fraction of sp³-hybridized carbons (Fsp3) is 0.500. The maximum atomic E-state index is 10.4. The van der Waals surface area contributed by atoms with Crippen LogP contribution in [0.15, 0.2) is 48.5 Å². The van der Waals surface area contributed by atoms with Gasteiger partial charge in [0.05, 0.1) is 6.10 Å². The largest absolute Gasteiger partial charge is 0.487 e. The van der Waals surface area contributed by atoms with Crippen molar-refractivity contribution >= 4 is 0 Å². The average molecular weight is 401 g/mol. The Balaban J connectivity index is 1.77. The third-order valence-corrected chi connectivity index (χ3v) is 5.80. The average Bonchev–Trinajstić information content (AvgIpc) is 2.69. The highest BCUT2D eigenvalue weighted by Crippen LogP contribution is 2.31. The van der Waals surface area contributed by atoms with E-state index in [2.05, 4.69) is 45.0 Å². The minimum atomic E-state index is -1.34. The molecule has 158 valence electrons. The van der Waals surface area contributed by atoms with Crippen molar-refractivity contribution in [3.05, 3.63) is 65.2 Å². The number of aliphatic hydroxyl groups is 4. The molecule has 0 radical (unpaired) electrons. The molecule has 0 heterocycles. The van der Waals surface area contributed by atoms with Crippen LogP contribution >= 0.6 is 0 Å². The van der Waals surface area contributed by atoms with Crippen LogP contribution in [-0.2, 0) is 11.8 Å². The van der Waals surface area contributed by atoms with Crippen LogP contribution in [0, 0.1) is 5.92 Å². The maximum Gasteiger partial charge on any atom is 0.128 e. The van der Waals surface area contributed by atoms with E-state index >= 15 is 0 Å². The second-order valence-electron chi connectivity index (χ2n) is 9.04. The molecule has 29 heavy (non-hydrogen) atoms. The van der Waals surface area contributed by atoms with Crippen LogP contribution in [0.5, 0.6) is 5.75 Å². The summed E-state index contributed by atoms with van der Waals surface area (Å²) in [5.41, 5.74) is 3.51. The van der Waals surface area contributed by atoms with Crippen molar-refractivity contribution in [2.24, 2.45) is 5.92 Å². The zero-order valence-electron chi connectivity index (χ0n) is 17.3. The van der Waals surface area contributed by atoms with Gasteiger partial charge in [0.25, 0.3) is 0 Å². The fourth-order valence-electron chi connectivity index (χ4n) is 3.85. The maximum absolute atomic E-state index is 10.4. The highest BCUT2D eigenvalue weighted by Gasteiger charge is 2.43. The number of ether oxygens (including phenoxy) is 1. The highest BCUT2D eigenvalue weighted by molar-refractivity contribution is 5.39. The van der Waals surface area contributed by atoms with Gasteiger partial charge in [0.15, 0.2) is 0 Å². The van der Waals surface area contributed by atoms with E-state index in [0.29, 0.717) is 12.2 Å². The van der Waals surface area contributed by atoms with Gasteiger partial charge in [0.1, 0.15) is 24.1 Å². The first kappa shape index (κ1) is 21.8. The molecule has 0 saturated heterocycles. The molecule has 4 N–H and O–H groups in total. The molecule has 0 bridgehead atoms. The zero-order chi connectivity index (χ0) is 21.2. The van der Waals surface area contributed by atoms with Crippen molar-refractivity contribution in [3.63, 3.8) is 0 Å². The van der Waals surface area contributed by atoms with Crippen molar-refractivity contribution in [3.8, 4) is 5.75 Å². The monoisotopic (exact) mass is 400 g/mol. The molecule has 1 saturated carbocycles. The Morgan fingerprint density at radius 3 is 2.17 bits per heavy atom. The molecular formula is C24H32O5. The number of hydrogen-bond acceptors (Lipinski definition) is 5. The van der Waals surface area contributed by atoms with E-state index in [0.717, 1.165) is 11.1 Å². The second kappa shape index (κ2) is 8.84. The lowest BCUT2D eigenvalue weighted by Crippen LogP contribution is -2.56. The Labute approximate surface area is 172 Å². The van der Waals surface area contributed by atoms with Gasteiger partial charge in [-0.25, -0.2) is 0 Å². The number of para-hydroxylation sites is 1. The molecule has 0 spiro atoms. The summed E-state index contributed by atoms with van der Waals surface area (Å²) in [5.74, 6) is 0.104. The Hall–Kier alpha value is -1.92. The third kappa shape index (κ3) is 4.98. The SMILES string of the molecule is CC(C)(C)c1ccc(Cc2ccccc2O[C@@H]2C[C@H](CO)[C@@H](O)[C@H](O)[C@H]2O)cc1. The van der Waals surface area contributed by atoms with Crippen molar-refractivity contribution in [2.75, 3.05) is 6.61 Å². The first-order valence-corrected chi connectivity index (χ1v) is 10.2. The van der Waals surface area contributed by atoms with Crippen LogP contribution in [0.4, 0.5) is 0 Å². The Bertz CT molecular complexity index is 794. The summed E-state index contributed by atoms with van der Waals surface area (Å²) in [5, 5.41) is 39.9. The Kier molecular flexibility index (Phi) is 6.64. The summed E-state index contributed by atoms with van der Waals surface area (Å²) in [6.07, 6.45) is -3.47. The molecule has 3 rings (SSSR count). The normalized spacial score (nSPS) is 27.6. The summed E-state index contributed by atoms with van der Waals surface area (Å²) < 4.78 is 6.07. The number of aliphatic hydroxyl groups excluding tert-OH is 4. The summed E-state index contributed by atoms with van der Waals surface area (Å²) in [4.78, 5) is 0. The van der Waals surface area contributed by atoms with Gasteiger partial charge in [-0.3, -0.25) is 0 Å². The van der Waals surface area contributed by atoms with Gasteiger partial charge >= 0.3 is 0 Å². The predicted molar refractivity (Wildman–Crippen MR) is 112 cm³/mol. The molecule has 5 atom stereocenters. The summed E-state index contributed by atoms with van der Waals surface area (Å²) in [6.45, 7) is 6.29. The number of hydrogen-bond donors (Lipinski definition) is 4. The topological polar surface area (TPSA) is 90.2 Å². The Morgan fingerprint density at radius 2 is 1.55 bits per heavy atom. The van der Waals surface area contributed by atoms with Crippen LogP contribution < -0.4 is 4.74 Å². The molecule has 2 aromatic rings. The van der Waals surface area contributed by atoms with Crippen molar-refractivity contribution in [1.82, 2.24) is 0 Å². The van der Waals surface area contributed by atoms with Crippen LogP contribution in [0.1, 0.15) is 43.9 Å². The Morgan fingerprint density at radius 1 is 0.897 bits per heavy atom. The molecule has 5 nitrogen and oxygen atoms in total. The lowest BCUT2D eigenvalue weighted by atomic mass is 9.81. The van der Waals surface area contributed by atoms with Gasteiger partial charge in [0.2, 0.25) is 0 Å². The van der Waals surface area contributed by atoms with E-state index in [-0.39, 0.29) is 18.4 Å². The molecule has 2 aromatic carbocycles. The van der Waals surface area contributed by atoms with E-state index in [1.54, 1.807) is 0 Å². The van der Waals surface area contributed by atoms with Crippen molar-refractivity contribution in [2.45, 2.75) is 63.4 Å². The van der Waals surface area contributed by atoms with Crippen LogP contribution in [0.2, 0.25) is 0 Å². The molecule has 0 aliphatic heterocycles. The quantitative estimate of drug-likeness (QED) is 0.619. The molecule has 0 unspecified atom stereocenters. The standard InChI is InChI=1S/C24H32O5/c1-24(2,3)18-10-8-15(9-11-18)12-16-6-4-5-7-19(16)29-20-13-17(14-25)21(26)23(28)22(20)27/h4-11,17,20-23,25-28H,12-14H2,1-3H3/t17-,20-,21-,22+,23+/m1/s1. The van der Waals surface area contributed by atoms with Crippen LogP contribution in [0.25, 0.3) is 0 Å². The van der Waals surface area contributed by atoms with E-state index in [4.69, 9.17) is 4.74 Å². The van der Waals surface area contributed by atoms with E-state index < -0.39 is 30.3 Å². The third-order valence-electron chi connectivity index (χ3n) is 5.80. The van der Waals surface area contributed by atoms with Gasteiger partial charge in [0, 0.05) is 18.9 Å². The second-order valence-corrected chi connectivity index (χ2v) is 9.04. The van der Waals surface area contributed by atoms with E-state index in [1.807, 2.05) is 24.3 Å². The first-order chi connectivity index (χ1) is 13.7. The number of rotatable bonds is 5. The summed E-state index contributed by atoms with van der Waals surface area (Å²) in [6, 6.07) is 16.2. The van der Waals surface area contributed by atoms with Crippen molar-refractivity contribution in [1.29, 1.82) is 0 Å². The summed E-state index contributed by atoms with van der Waals surface area (Å²) >= 11 is 0. The summed E-state index contributed by atoms with van der Waals surface area (Å²) in [7, 11) is 0. The fourth-order valence-corrected chi connectivity index (χ4v) is 3.85. The predicted octanol–water partition coefficient (Wildman–Crippen LogP) is 2.42. The molecule has 1 fully saturated rings. The van der Waals surface area contributed by atoms with Crippen LogP contribution in [0.3, 0.4) is 0 Å². The van der Waals surface area contributed by atoms with Gasteiger partial charge in [-0.15, -0.1) is 0 Å². The van der Waals surface area contributed by atoms with Crippen molar-refractivity contribution < 1.29 is 25.2 Å². The van der Waals surface area contributed by atoms with Gasteiger partial charge in [-0.2, -0.15) is 0 Å². The molecule has 1 aliphatic rings. The van der Waals surface area contributed by atoms with Gasteiger partial charge in [-0.1, -0.05) is 63.2 Å². The molecule has 0 amide bonds. The first-order valence-electron chi connectivity index (χ1n) is 10.2. The molecule has 0 aromatic heterocycles. The molecule has 1 aliphatic carbocycles. The molecule has 5 heteroatoms. The zero-order valence-corrected chi connectivity index (χ0v) is 17.3. The number of benzene rings is 2. The minimum absolute atomic E-state index is 0.102. The van der Waals surface area contributed by atoms with Crippen LogP contribution in [-0.4, -0.2) is 51.4 Å². The van der Waals surface area contributed by atoms with E-state index in [1.165, 1.54) is 5.56 Å². The van der Waals surface area contributed by atoms with Gasteiger partial charge in [-0.05, 0) is 34.6 Å². The highest BCUT2D eigenvalue weighted by atomic mass is 16.5. The smallest absolute Gasteiger partial charge is 0.128 e. The lowest BCUT2D eigenvalue weighted by molar-refractivity contribution is -0.157. The van der Waals surface area contributed by atoms with Gasteiger partial charge < -0.3 is 25.2 Å². The molecular weight excluding hydrogens is 368 g/mol.